The number of hydrogen-bond donors (Lipinski definition) is 0. The molecule has 0 saturated carbocycles. The Morgan fingerprint density at radius 2 is 1.94 bits per heavy atom. The summed E-state index contributed by atoms with van der Waals surface area (Å²) in [6.07, 6.45) is 0.871. The van der Waals surface area contributed by atoms with Crippen LogP contribution in [0, 0.1) is 0 Å². The van der Waals surface area contributed by atoms with Gasteiger partial charge in [0, 0.05) is 20.1 Å². The summed E-state index contributed by atoms with van der Waals surface area (Å²) in [5.41, 5.74) is 0.622. The van der Waals surface area contributed by atoms with Crippen LogP contribution in [0.5, 0.6) is 0 Å². The van der Waals surface area contributed by atoms with Crippen molar-refractivity contribution in [2.75, 3.05) is 27.2 Å². The molecule has 2 aliphatic rings. The van der Waals surface area contributed by atoms with Crippen LogP contribution in [0.2, 0.25) is 0 Å². The predicted molar refractivity (Wildman–Crippen MR) is 65.2 cm³/mol. The van der Waals surface area contributed by atoms with Crippen LogP contribution in [0.15, 0.2) is 29.2 Å². The van der Waals surface area contributed by atoms with Crippen LogP contribution in [-0.2, 0) is 15.6 Å². The lowest BCUT2D eigenvalue weighted by Crippen LogP contribution is -2.42. The number of sulfonamides is 1. The molecule has 5 heteroatoms. The Kier molecular flexibility index (Phi) is 2.18. The van der Waals surface area contributed by atoms with E-state index in [1.807, 2.05) is 19.2 Å². The van der Waals surface area contributed by atoms with Crippen molar-refractivity contribution < 1.29 is 8.42 Å². The summed E-state index contributed by atoms with van der Waals surface area (Å²) in [5.74, 6) is 0. The third-order valence-electron chi connectivity index (χ3n) is 4.07. The minimum Gasteiger partial charge on any atom is -0.304 e. The Labute approximate surface area is 102 Å². The molecule has 0 N–H and O–H groups in total. The van der Waals surface area contributed by atoms with E-state index in [0.717, 1.165) is 25.1 Å². The molecule has 2 aliphatic heterocycles. The minimum atomic E-state index is -3.29. The van der Waals surface area contributed by atoms with Gasteiger partial charge in [0.2, 0.25) is 10.0 Å². The maximum absolute atomic E-state index is 12.4. The van der Waals surface area contributed by atoms with Crippen molar-refractivity contribution in [3.63, 3.8) is 0 Å². The van der Waals surface area contributed by atoms with E-state index in [1.54, 1.807) is 23.5 Å². The Morgan fingerprint density at radius 1 is 1.24 bits per heavy atom. The largest absolute Gasteiger partial charge is 0.304 e. The van der Waals surface area contributed by atoms with Crippen molar-refractivity contribution in [1.29, 1.82) is 0 Å². The molecule has 1 aromatic rings. The highest BCUT2D eigenvalue weighted by Gasteiger charge is 2.54. The maximum atomic E-state index is 12.4. The van der Waals surface area contributed by atoms with Gasteiger partial charge in [-0.2, -0.15) is 4.31 Å². The average molecular weight is 252 g/mol. The maximum Gasteiger partial charge on any atom is 0.244 e. The molecule has 1 aromatic carbocycles. The molecule has 0 radical (unpaired) electrons. The first-order valence-corrected chi connectivity index (χ1v) is 7.20. The van der Waals surface area contributed by atoms with Gasteiger partial charge < -0.3 is 4.90 Å². The van der Waals surface area contributed by atoms with Gasteiger partial charge in [-0.15, -0.1) is 0 Å². The number of nitrogens with zero attached hydrogens (tertiary/aromatic N) is 2. The summed E-state index contributed by atoms with van der Waals surface area (Å²) in [5, 5.41) is 0. The van der Waals surface area contributed by atoms with Gasteiger partial charge in [-0.05, 0) is 25.1 Å². The van der Waals surface area contributed by atoms with Crippen LogP contribution in [0.25, 0.3) is 0 Å². The zero-order chi connectivity index (χ0) is 12.3. The number of rotatable bonds is 0. The van der Waals surface area contributed by atoms with E-state index in [4.69, 9.17) is 0 Å². The molecule has 0 bridgehead atoms. The molecule has 1 saturated heterocycles. The normalized spacial score (nSPS) is 32.1. The summed E-state index contributed by atoms with van der Waals surface area (Å²) < 4.78 is 26.3. The molecule has 1 unspecified atom stereocenters. The molecule has 0 aliphatic carbocycles. The fourth-order valence-electron chi connectivity index (χ4n) is 3.08. The van der Waals surface area contributed by atoms with Crippen LogP contribution in [0.4, 0.5) is 0 Å². The average Bonchev–Trinajstić information content (AvgIpc) is 2.77. The summed E-state index contributed by atoms with van der Waals surface area (Å²) in [7, 11) is 0.448. The third-order valence-corrected chi connectivity index (χ3v) is 6.05. The van der Waals surface area contributed by atoms with Gasteiger partial charge in [-0.1, -0.05) is 18.2 Å². The monoisotopic (exact) mass is 252 g/mol. The molecule has 17 heavy (non-hydrogen) atoms. The molecule has 1 atom stereocenters. The fraction of sp³-hybridized carbons (Fsp3) is 0.500. The zero-order valence-corrected chi connectivity index (χ0v) is 10.9. The van der Waals surface area contributed by atoms with Crippen LogP contribution in [0.3, 0.4) is 0 Å². The number of likely N-dealkylation sites (tertiary alicyclic amines) is 1. The van der Waals surface area contributed by atoms with Crippen molar-refractivity contribution in [3.05, 3.63) is 29.8 Å². The molecule has 0 amide bonds. The highest BCUT2D eigenvalue weighted by atomic mass is 32.2. The van der Waals surface area contributed by atoms with Gasteiger partial charge in [0.15, 0.2) is 0 Å². The van der Waals surface area contributed by atoms with Gasteiger partial charge in [0.1, 0.15) is 0 Å². The molecule has 1 spiro atoms. The third kappa shape index (κ3) is 1.27. The molecule has 1 fully saturated rings. The van der Waals surface area contributed by atoms with E-state index < -0.39 is 10.0 Å². The molecule has 3 rings (SSSR count). The number of fused-ring (bicyclic) bond motifs is 2. The lowest BCUT2D eigenvalue weighted by atomic mass is 9.89. The van der Waals surface area contributed by atoms with Gasteiger partial charge >= 0.3 is 0 Å². The lowest BCUT2D eigenvalue weighted by molar-refractivity contribution is 0.233. The predicted octanol–water partition coefficient (Wildman–Crippen LogP) is 0.852. The van der Waals surface area contributed by atoms with E-state index in [-0.39, 0.29) is 5.54 Å². The first-order chi connectivity index (χ1) is 7.98. The fourth-order valence-corrected chi connectivity index (χ4v) is 4.87. The number of benzene rings is 1. The zero-order valence-electron chi connectivity index (χ0n) is 10.0. The van der Waals surface area contributed by atoms with Crippen molar-refractivity contribution in [1.82, 2.24) is 9.21 Å². The second kappa shape index (κ2) is 3.31. The first-order valence-electron chi connectivity index (χ1n) is 5.75. The van der Waals surface area contributed by atoms with Crippen molar-refractivity contribution in [2.24, 2.45) is 0 Å². The van der Waals surface area contributed by atoms with Gasteiger partial charge in [-0.3, -0.25) is 0 Å². The summed E-state index contributed by atoms with van der Waals surface area (Å²) >= 11 is 0. The topological polar surface area (TPSA) is 40.6 Å². The first kappa shape index (κ1) is 11.2. The summed E-state index contributed by atoms with van der Waals surface area (Å²) in [6, 6.07) is 7.39. The molecular weight excluding hydrogens is 236 g/mol. The van der Waals surface area contributed by atoms with Crippen LogP contribution in [0.1, 0.15) is 12.0 Å². The van der Waals surface area contributed by atoms with E-state index >= 15 is 0 Å². The lowest BCUT2D eigenvalue weighted by Gasteiger charge is -2.30. The Hall–Kier alpha value is -0.910. The van der Waals surface area contributed by atoms with Crippen molar-refractivity contribution in [3.8, 4) is 0 Å². The molecule has 92 valence electrons. The van der Waals surface area contributed by atoms with Gasteiger partial charge in [0.05, 0.1) is 10.4 Å². The quantitative estimate of drug-likeness (QED) is 0.687. The standard InChI is InChI=1S/C12H16N2O2S/c1-13-8-7-12(9-13)10-5-3-4-6-11(10)17(15,16)14(12)2/h3-6H,7-9H2,1-2H3. The van der Waals surface area contributed by atoms with E-state index in [1.165, 1.54) is 0 Å². The Bertz CT molecular complexity index is 570. The second-order valence-corrected chi connectivity index (χ2v) is 6.93. The van der Waals surface area contributed by atoms with E-state index in [2.05, 4.69) is 4.90 Å². The number of likely N-dealkylation sites (N-methyl/N-ethyl adjacent to an activating group) is 2. The smallest absolute Gasteiger partial charge is 0.244 e. The second-order valence-electron chi connectivity index (χ2n) is 4.99. The van der Waals surface area contributed by atoms with Crippen LogP contribution >= 0.6 is 0 Å². The minimum absolute atomic E-state index is 0.343. The van der Waals surface area contributed by atoms with Gasteiger partial charge in [-0.25, -0.2) is 8.42 Å². The highest BCUT2D eigenvalue weighted by Crippen LogP contribution is 2.47. The molecule has 4 nitrogen and oxygen atoms in total. The van der Waals surface area contributed by atoms with E-state index in [9.17, 15) is 8.42 Å². The molecular formula is C12H16N2O2S. The Balaban J connectivity index is 2.27. The summed E-state index contributed by atoms with van der Waals surface area (Å²) in [4.78, 5) is 2.67. The highest BCUT2D eigenvalue weighted by molar-refractivity contribution is 7.89. The van der Waals surface area contributed by atoms with Gasteiger partial charge in [0.25, 0.3) is 0 Å². The van der Waals surface area contributed by atoms with E-state index in [0.29, 0.717) is 4.90 Å². The van der Waals surface area contributed by atoms with Crippen molar-refractivity contribution in [2.45, 2.75) is 16.9 Å². The summed E-state index contributed by atoms with van der Waals surface area (Å²) in [6.45, 7) is 1.72. The Morgan fingerprint density at radius 3 is 2.59 bits per heavy atom. The number of hydrogen-bond acceptors (Lipinski definition) is 3. The molecule has 0 aromatic heterocycles. The van der Waals surface area contributed by atoms with Crippen LogP contribution < -0.4 is 0 Å². The van der Waals surface area contributed by atoms with Crippen molar-refractivity contribution >= 4 is 10.0 Å². The van der Waals surface area contributed by atoms with Crippen LogP contribution in [-0.4, -0.2) is 44.8 Å². The SMILES string of the molecule is CN1CCC2(C1)c1ccccc1S(=O)(=O)N2C. The molecule has 2 heterocycles.